The molecule has 0 saturated carbocycles. The van der Waals surface area contributed by atoms with Crippen LogP contribution in [0.15, 0.2) is 45.2 Å². The SMILES string of the molecule is Cn1c2c(c(=O)n(C)c1=O)C(c1cccc([N+](=O)[O-])c1)C1=C(CCCC1=O)O2. The molecule has 2 aromatic rings. The molecule has 0 fully saturated rings. The summed E-state index contributed by atoms with van der Waals surface area (Å²) in [5, 5.41) is 11.2. The van der Waals surface area contributed by atoms with Crippen LogP contribution in [0.2, 0.25) is 0 Å². The number of nitrogens with zero attached hydrogens (tertiary/aromatic N) is 3. The summed E-state index contributed by atoms with van der Waals surface area (Å²) in [6.45, 7) is 0. The van der Waals surface area contributed by atoms with Crippen molar-refractivity contribution < 1.29 is 14.5 Å². The van der Waals surface area contributed by atoms with Crippen LogP contribution in [0.3, 0.4) is 0 Å². The Labute approximate surface area is 158 Å². The molecule has 9 heteroatoms. The summed E-state index contributed by atoms with van der Waals surface area (Å²) in [6.07, 6.45) is 1.41. The molecule has 1 aromatic heterocycles. The molecule has 28 heavy (non-hydrogen) atoms. The summed E-state index contributed by atoms with van der Waals surface area (Å²) < 4.78 is 8.03. The highest BCUT2D eigenvalue weighted by atomic mass is 16.6. The molecule has 1 aromatic carbocycles. The van der Waals surface area contributed by atoms with Gasteiger partial charge in [-0.05, 0) is 12.0 Å². The number of hydrogen-bond acceptors (Lipinski definition) is 6. The van der Waals surface area contributed by atoms with Gasteiger partial charge in [-0.25, -0.2) is 4.79 Å². The van der Waals surface area contributed by atoms with E-state index in [9.17, 15) is 24.5 Å². The van der Waals surface area contributed by atoms with Crippen molar-refractivity contribution in [2.24, 2.45) is 14.1 Å². The van der Waals surface area contributed by atoms with Crippen molar-refractivity contribution in [3.8, 4) is 5.88 Å². The summed E-state index contributed by atoms with van der Waals surface area (Å²) in [5.41, 5.74) is -0.351. The van der Waals surface area contributed by atoms with Gasteiger partial charge in [0, 0.05) is 44.6 Å². The Morgan fingerprint density at radius 3 is 2.61 bits per heavy atom. The third-order valence-corrected chi connectivity index (χ3v) is 5.26. The molecule has 1 aliphatic carbocycles. The number of carbonyl (C=O) groups excluding carboxylic acids is 1. The van der Waals surface area contributed by atoms with Crippen LogP contribution in [-0.4, -0.2) is 19.8 Å². The summed E-state index contributed by atoms with van der Waals surface area (Å²) >= 11 is 0. The Kier molecular flexibility index (Phi) is 4.02. The molecule has 1 unspecified atom stereocenters. The van der Waals surface area contributed by atoms with Crippen LogP contribution >= 0.6 is 0 Å². The molecular weight excluding hydrogens is 366 g/mol. The lowest BCUT2D eigenvalue weighted by atomic mass is 9.78. The maximum atomic E-state index is 13.0. The van der Waals surface area contributed by atoms with Gasteiger partial charge in [-0.1, -0.05) is 12.1 Å². The van der Waals surface area contributed by atoms with Crippen LogP contribution in [0, 0.1) is 10.1 Å². The number of nitro benzene ring substituents is 1. The summed E-state index contributed by atoms with van der Waals surface area (Å²) in [4.78, 5) is 48.8. The number of rotatable bonds is 2. The lowest BCUT2D eigenvalue weighted by Crippen LogP contribution is -2.43. The van der Waals surface area contributed by atoms with E-state index in [4.69, 9.17) is 4.74 Å². The van der Waals surface area contributed by atoms with E-state index in [0.717, 1.165) is 4.57 Å². The number of fused-ring (bicyclic) bond motifs is 1. The summed E-state index contributed by atoms with van der Waals surface area (Å²) in [7, 11) is 2.84. The van der Waals surface area contributed by atoms with Crippen molar-refractivity contribution in [2.45, 2.75) is 25.2 Å². The Bertz CT molecular complexity index is 1190. The zero-order valence-electron chi connectivity index (χ0n) is 15.3. The second-order valence-electron chi connectivity index (χ2n) is 6.93. The van der Waals surface area contributed by atoms with Gasteiger partial charge in [-0.15, -0.1) is 0 Å². The summed E-state index contributed by atoms with van der Waals surface area (Å²) in [6, 6.07) is 5.86. The Balaban J connectivity index is 2.08. The first-order valence-corrected chi connectivity index (χ1v) is 8.79. The number of hydrogen-bond donors (Lipinski definition) is 0. The Morgan fingerprint density at radius 2 is 1.89 bits per heavy atom. The predicted molar refractivity (Wildman–Crippen MR) is 98.4 cm³/mol. The molecular formula is C19H17N3O6. The second kappa shape index (κ2) is 6.29. The highest BCUT2D eigenvalue weighted by Gasteiger charge is 2.40. The molecule has 4 rings (SSSR count). The molecule has 0 spiro atoms. The lowest BCUT2D eigenvalue weighted by Gasteiger charge is -2.32. The molecule has 1 aliphatic heterocycles. The van der Waals surface area contributed by atoms with Crippen LogP contribution in [0.5, 0.6) is 5.88 Å². The highest BCUT2D eigenvalue weighted by molar-refractivity contribution is 5.99. The zero-order valence-corrected chi connectivity index (χ0v) is 15.3. The number of carbonyl (C=O) groups is 1. The van der Waals surface area contributed by atoms with Gasteiger partial charge in [0.1, 0.15) is 5.76 Å². The Hall–Kier alpha value is -3.49. The van der Waals surface area contributed by atoms with Gasteiger partial charge >= 0.3 is 5.69 Å². The van der Waals surface area contributed by atoms with Gasteiger partial charge < -0.3 is 4.74 Å². The topological polar surface area (TPSA) is 113 Å². The quantitative estimate of drug-likeness (QED) is 0.574. The van der Waals surface area contributed by atoms with Gasteiger partial charge in [-0.3, -0.25) is 28.8 Å². The molecule has 0 N–H and O–H groups in total. The number of ether oxygens (including phenoxy) is 1. The van der Waals surface area contributed by atoms with Gasteiger partial charge in [0.25, 0.3) is 11.2 Å². The zero-order chi connectivity index (χ0) is 20.2. The van der Waals surface area contributed by atoms with Gasteiger partial charge in [0.05, 0.1) is 16.4 Å². The number of aromatic nitrogens is 2. The number of non-ortho nitro benzene ring substituents is 1. The van der Waals surface area contributed by atoms with E-state index < -0.39 is 22.1 Å². The molecule has 144 valence electrons. The maximum absolute atomic E-state index is 13.0. The predicted octanol–water partition coefficient (Wildman–Crippen LogP) is 1.52. The van der Waals surface area contributed by atoms with E-state index in [1.165, 1.54) is 36.9 Å². The monoisotopic (exact) mass is 383 g/mol. The molecule has 0 saturated heterocycles. The molecule has 0 radical (unpaired) electrons. The van der Waals surface area contributed by atoms with Crippen molar-refractivity contribution in [3.63, 3.8) is 0 Å². The van der Waals surface area contributed by atoms with E-state index in [2.05, 4.69) is 0 Å². The van der Waals surface area contributed by atoms with Crippen molar-refractivity contribution in [3.05, 3.63) is 77.7 Å². The highest BCUT2D eigenvalue weighted by Crippen LogP contribution is 2.45. The standard InChI is InChI=1S/C19H17N3O6/c1-20-17(24)16-14(10-5-3-6-11(9-10)22(26)27)15-12(23)7-4-8-13(15)28-18(16)21(2)19(20)25/h3,5-6,9,14H,4,7-8H2,1-2H3. The average Bonchev–Trinajstić information content (AvgIpc) is 2.69. The smallest absolute Gasteiger partial charge is 0.333 e. The Morgan fingerprint density at radius 1 is 1.14 bits per heavy atom. The fourth-order valence-electron chi connectivity index (χ4n) is 3.90. The molecule has 2 heterocycles. The van der Waals surface area contributed by atoms with E-state index in [0.29, 0.717) is 36.2 Å². The van der Waals surface area contributed by atoms with Crippen LogP contribution in [-0.2, 0) is 18.9 Å². The lowest BCUT2D eigenvalue weighted by molar-refractivity contribution is -0.384. The van der Waals surface area contributed by atoms with Crippen LogP contribution in [0.4, 0.5) is 5.69 Å². The third-order valence-electron chi connectivity index (χ3n) is 5.26. The van der Waals surface area contributed by atoms with Gasteiger partial charge in [0.2, 0.25) is 5.88 Å². The minimum absolute atomic E-state index is 0.0815. The second-order valence-corrected chi connectivity index (χ2v) is 6.93. The van der Waals surface area contributed by atoms with E-state index >= 15 is 0 Å². The number of nitro groups is 1. The minimum atomic E-state index is -0.822. The number of allylic oxidation sites excluding steroid dienone is 2. The first-order chi connectivity index (χ1) is 13.3. The normalized spacial score (nSPS) is 18.4. The fourth-order valence-corrected chi connectivity index (χ4v) is 3.90. The van der Waals surface area contributed by atoms with Crippen molar-refractivity contribution in [2.75, 3.05) is 0 Å². The molecule has 2 aliphatic rings. The average molecular weight is 383 g/mol. The largest absolute Gasteiger partial charge is 0.444 e. The molecule has 1 atom stereocenters. The van der Waals surface area contributed by atoms with Crippen LogP contribution in [0.25, 0.3) is 0 Å². The van der Waals surface area contributed by atoms with Crippen molar-refractivity contribution >= 4 is 11.5 Å². The van der Waals surface area contributed by atoms with E-state index in [-0.39, 0.29) is 22.9 Å². The number of ketones is 1. The molecule has 0 amide bonds. The maximum Gasteiger partial charge on any atom is 0.333 e. The first kappa shape index (κ1) is 17.9. The van der Waals surface area contributed by atoms with Crippen LogP contribution < -0.4 is 16.0 Å². The molecule has 9 nitrogen and oxygen atoms in total. The van der Waals surface area contributed by atoms with E-state index in [1.54, 1.807) is 6.07 Å². The minimum Gasteiger partial charge on any atom is -0.444 e. The third kappa shape index (κ3) is 2.50. The summed E-state index contributed by atoms with van der Waals surface area (Å²) in [5.74, 6) is -0.474. The molecule has 0 bridgehead atoms. The van der Waals surface area contributed by atoms with E-state index in [1.807, 2.05) is 0 Å². The van der Waals surface area contributed by atoms with Crippen molar-refractivity contribution in [1.29, 1.82) is 0 Å². The van der Waals surface area contributed by atoms with Crippen LogP contribution in [0.1, 0.15) is 36.3 Å². The number of benzene rings is 1. The number of Topliss-reactive ketones (excluding diaryl/α,β-unsaturated/α-hetero) is 1. The van der Waals surface area contributed by atoms with Gasteiger partial charge in [0.15, 0.2) is 5.78 Å². The first-order valence-electron chi connectivity index (χ1n) is 8.79. The van der Waals surface area contributed by atoms with Crippen molar-refractivity contribution in [1.82, 2.24) is 9.13 Å². The van der Waals surface area contributed by atoms with Gasteiger partial charge in [-0.2, -0.15) is 0 Å². The fraction of sp³-hybridized carbons (Fsp3) is 0.316.